The lowest BCUT2D eigenvalue weighted by atomic mass is 10.3. The summed E-state index contributed by atoms with van der Waals surface area (Å²) in [6.07, 6.45) is -2.50. The molecule has 0 bridgehead atoms. The van der Waals surface area contributed by atoms with Gasteiger partial charge in [0.25, 0.3) is 0 Å². The first-order chi connectivity index (χ1) is 3.70. The van der Waals surface area contributed by atoms with Crippen LogP contribution in [0.15, 0.2) is 0 Å². The lowest BCUT2D eigenvalue weighted by molar-refractivity contribution is 0.217. The molecule has 3 heteroatoms. The molecule has 0 spiro atoms. The molecule has 1 nitrogen and oxygen atoms in total. The van der Waals surface area contributed by atoms with Gasteiger partial charge in [-0.05, 0) is 7.05 Å². The van der Waals surface area contributed by atoms with Crippen LogP contribution in [-0.4, -0.2) is 37.4 Å². The smallest absolute Gasteiger partial charge is 0.145 e. The third-order valence-corrected chi connectivity index (χ3v) is 1.36. The predicted molar refractivity (Wildman–Crippen MR) is 27.3 cm³/mol. The highest BCUT2D eigenvalue weighted by molar-refractivity contribution is 4.81. The predicted octanol–water partition coefficient (Wildman–Crippen LogP) is 0.608. The maximum Gasteiger partial charge on any atom is 0.145 e. The van der Waals surface area contributed by atoms with Crippen molar-refractivity contribution in [3.63, 3.8) is 0 Å². The minimum Gasteiger partial charge on any atom is -0.300 e. The first-order valence-electron chi connectivity index (χ1n) is 2.67. The molecule has 48 valence electrons. The summed E-state index contributed by atoms with van der Waals surface area (Å²) in [4.78, 5) is 1.65. The topological polar surface area (TPSA) is 3.24 Å². The summed E-state index contributed by atoms with van der Waals surface area (Å²) in [5, 5.41) is 0. The summed E-state index contributed by atoms with van der Waals surface area (Å²) in [6.45, 7) is 0.502. The Kier molecular flexibility index (Phi) is 1.47. The number of halogens is 2. The Balaban J connectivity index is 2.39. The van der Waals surface area contributed by atoms with Gasteiger partial charge in [-0.2, -0.15) is 0 Å². The van der Waals surface area contributed by atoms with Crippen LogP contribution in [-0.2, 0) is 0 Å². The van der Waals surface area contributed by atoms with E-state index >= 15 is 0 Å². The second-order valence-corrected chi connectivity index (χ2v) is 2.25. The standard InChI is InChI=1S/C5H9F2N/c1-8-2-4(6)5(7)3-8/h4-5H,2-3H2,1H3/t4-,5+. The highest BCUT2D eigenvalue weighted by atomic mass is 19.2. The van der Waals surface area contributed by atoms with Gasteiger partial charge in [-0.25, -0.2) is 8.78 Å². The van der Waals surface area contributed by atoms with Gasteiger partial charge in [0.15, 0.2) is 0 Å². The SMILES string of the molecule is CN1C[C@@H](F)[C@@H](F)C1. The van der Waals surface area contributed by atoms with Crippen LogP contribution < -0.4 is 0 Å². The minimum absolute atomic E-state index is 0.251. The summed E-state index contributed by atoms with van der Waals surface area (Å²) in [5.74, 6) is 0. The zero-order chi connectivity index (χ0) is 6.15. The Labute approximate surface area is 47.3 Å². The quantitative estimate of drug-likeness (QED) is 0.454. The van der Waals surface area contributed by atoms with E-state index in [-0.39, 0.29) is 13.1 Å². The van der Waals surface area contributed by atoms with E-state index in [4.69, 9.17) is 0 Å². The van der Waals surface area contributed by atoms with Crippen molar-refractivity contribution in [2.75, 3.05) is 20.1 Å². The van der Waals surface area contributed by atoms with E-state index in [1.807, 2.05) is 0 Å². The van der Waals surface area contributed by atoms with Crippen LogP contribution in [0.5, 0.6) is 0 Å². The normalized spacial score (nSPS) is 40.9. The average molecular weight is 121 g/mol. The Morgan fingerprint density at radius 2 is 1.62 bits per heavy atom. The Morgan fingerprint density at radius 3 is 1.75 bits per heavy atom. The Bertz CT molecular complexity index is 76.5. The lowest BCUT2D eigenvalue weighted by Crippen LogP contribution is -2.13. The van der Waals surface area contributed by atoms with Crippen LogP contribution in [0.3, 0.4) is 0 Å². The number of rotatable bonds is 0. The van der Waals surface area contributed by atoms with Crippen molar-refractivity contribution in [1.82, 2.24) is 4.90 Å². The van der Waals surface area contributed by atoms with Crippen LogP contribution in [0.4, 0.5) is 8.78 Å². The molecule has 0 unspecified atom stereocenters. The van der Waals surface area contributed by atoms with Crippen molar-refractivity contribution in [2.45, 2.75) is 12.3 Å². The van der Waals surface area contributed by atoms with Crippen molar-refractivity contribution in [3.8, 4) is 0 Å². The summed E-state index contributed by atoms with van der Waals surface area (Å²) in [5.41, 5.74) is 0. The van der Waals surface area contributed by atoms with E-state index in [0.717, 1.165) is 0 Å². The summed E-state index contributed by atoms with van der Waals surface area (Å²) in [7, 11) is 1.71. The van der Waals surface area contributed by atoms with Crippen LogP contribution >= 0.6 is 0 Å². The second kappa shape index (κ2) is 1.97. The van der Waals surface area contributed by atoms with Gasteiger partial charge < -0.3 is 4.90 Å². The Morgan fingerprint density at radius 1 is 1.25 bits per heavy atom. The summed E-state index contributed by atoms with van der Waals surface area (Å²) < 4.78 is 24.3. The van der Waals surface area contributed by atoms with Crippen molar-refractivity contribution < 1.29 is 8.78 Å². The van der Waals surface area contributed by atoms with Gasteiger partial charge in [0.2, 0.25) is 0 Å². The number of hydrogen-bond donors (Lipinski definition) is 0. The zero-order valence-electron chi connectivity index (χ0n) is 4.77. The fourth-order valence-electron chi connectivity index (χ4n) is 0.899. The molecule has 0 saturated carbocycles. The molecule has 0 aliphatic carbocycles. The van der Waals surface area contributed by atoms with Gasteiger partial charge in [-0.1, -0.05) is 0 Å². The molecule has 0 aromatic rings. The summed E-state index contributed by atoms with van der Waals surface area (Å²) in [6, 6.07) is 0. The third kappa shape index (κ3) is 0.968. The monoisotopic (exact) mass is 121 g/mol. The molecule has 1 aliphatic rings. The third-order valence-electron chi connectivity index (χ3n) is 1.36. The van der Waals surface area contributed by atoms with E-state index in [0.29, 0.717) is 0 Å². The molecule has 0 aromatic carbocycles. The van der Waals surface area contributed by atoms with Crippen molar-refractivity contribution in [3.05, 3.63) is 0 Å². The Hall–Kier alpha value is -0.180. The number of likely N-dealkylation sites (tertiary alicyclic amines) is 1. The second-order valence-electron chi connectivity index (χ2n) is 2.25. The molecule has 8 heavy (non-hydrogen) atoms. The maximum absolute atomic E-state index is 12.2. The molecule has 0 N–H and O–H groups in total. The van der Waals surface area contributed by atoms with Crippen molar-refractivity contribution in [1.29, 1.82) is 0 Å². The highest BCUT2D eigenvalue weighted by Gasteiger charge is 2.29. The van der Waals surface area contributed by atoms with Gasteiger partial charge >= 0.3 is 0 Å². The number of alkyl halides is 2. The van der Waals surface area contributed by atoms with Crippen LogP contribution in [0.2, 0.25) is 0 Å². The van der Waals surface area contributed by atoms with E-state index in [1.165, 1.54) is 0 Å². The van der Waals surface area contributed by atoms with Gasteiger partial charge in [-0.15, -0.1) is 0 Å². The highest BCUT2D eigenvalue weighted by Crippen LogP contribution is 2.13. The fraction of sp³-hybridized carbons (Fsp3) is 1.00. The average Bonchev–Trinajstić information content (AvgIpc) is 1.85. The zero-order valence-corrected chi connectivity index (χ0v) is 4.77. The largest absolute Gasteiger partial charge is 0.300 e. The molecule has 1 aliphatic heterocycles. The molecule has 1 saturated heterocycles. The minimum atomic E-state index is -1.25. The van der Waals surface area contributed by atoms with Gasteiger partial charge in [-0.3, -0.25) is 0 Å². The van der Waals surface area contributed by atoms with Crippen LogP contribution in [0.1, 0.15) is 0 Å². The van der Waals surface area contributed by atoms with Crippen molar-refractivity contribution in [2.24, 2.45) is 0 Å². The van der Waals surface area contributed by atoms with Gasteiger partial charge in [0, 0.05) is 13.1 Å². The van der Waals surface area contributed by atoms with Crippen LogP contribution in [0, 0.1) is 0 Å². The van der Waals surface area contributed by atoms with Crippen molar-refractivity contribution >= 4 is 0 Å². The first-order valence-corrected chi connectivity index (χ1v) is 2.67. The summed E-state index contributed by atoms with van der Waals surface area (Å²) >= 11 is 0. The number of hydrogen-bond acceptors (Lipinski definition) is 1. The number of nitrogens with zero attached hydrogens (tertiary/aromatic N) is 1. The van der Waals surface area contributed by atoms with E-state index in [9.17, 15) is 8.78 Å². The van der Waals surface area contributed by atoms with E-state index < -0.39 is 12.3 Å². The fourth-order valence-corrected chi connectivity index (χ4v) is 0.899. The van der Waals surface area contributed by atoms with E-state index in [2.05, 4.69) is 0 Å². The molecule has 1 rings (SSSR count). The van der Waals surface area contributed by atoms with Gasteiger partial charge in [0.05, 0.1) is 0 Å². The lowest BCUT2D eigenvalue weighted by Gasteiger charge is -2.01. The molecule has 0 amide bonds. The molecule has 0 aromatic heterocycles. The molecular formula is C5H9F2N. The van der Waals surface area contributed by atoms with Gasteiger partial charge in [0.1, 0.15) is 12.3 Å². The van der Waals surface area contributed by atoms with Crippen LogP contribution in [0.25, 0.3) is 0 Å². The van der Waals surface area contributed by atoms with E-state index in [1.54, 1.807) is 11.9 Å². The maximum atomic E-state index is 12.2. The molecule has 0 radical (unpaired) electrons. The molecular weight excluding hydrogens is 112 g/mol. The first kappa shape index (κ1) is 5.95. The molecule has 1 fully saturated rings. The molecule has 2 atom stereocenters. The molecule has 1 heterocycles.